The van der Waals surface area contributed by atoms with E-state index < -0.39 is 0 Å². The number of carbonyl (C=O) groups is 1. The minimum Gasteiger partial charge on any atom is -0.341 e. The number of carbonyl (C=O) groups excluding carboxylic acids is 1. The summed E-state index contributed by atoms with van der Waals surface area (Å²) in [6, 6.07) is 7.69. The summed E-state index contributed by atoms with van der Waals surface area (Å²) in [5.74, 6) is 0.745. The van der Waals surface area contributed by atoms with E-state index in [9.17, 15) is 4.79 Å². The fraction of sp³-hybridized carbons (Fsp3) is 0.533. The molecular formula is C15H21ClN2O. The van der Waals surface area contributed by atoms with Gasteiger partial charge in [0.2, 0.25) is 5.91 Å². The molecule has 0 unspecified atom stereocenters. The Morgan fingerprint density at radius 2 is 2.05 bits per heavy atom. The predicted molar refractivity (Wildman–Crippen MR) is 78.1 cm³/mol. The van der Waals surface area contributed by atoms with Crippen LogP contribution in [-0.2, 0) is 11.3 Å². The van der Waals surface area contributed by atoms with Crippen molar-refractivity contribution in [3.63, 3.8) is 0 Å². The number of benzene rings is 1. The van der Waals surface area contributed by atoms with E-state index in [1.807, 2.05) is 31.3 Å². The molecule has 1 aliphatic rings. The van der Waals surface area contributed by atoms with Gasteiger partial charge < -0.3 is 10.2 Å². The van der Waals surface area contributed by atoms with Crippen LogP contribution in [0.2, 0.25) is 5.02 Å². The van der Waals surface area contributed by atoms with E-state index in [1.165, 1.54) is 0 Å². The molecule has 1 amide bonds. The average Bonchev–Trinajstić information content (AvgIpc) is 2.42. The molecule has 104 valence electrons. The molecule has 1 aromatic carbocycles. The van der Waals surface area contributed by atoms with E-state index >= 15 is 0 Å². The third-order valence-electron chi connectivity index (χ3n) is 3.71. The minimum atomic E-state index is 0.215. The zero-order valence-corrected chi connectivity index (χ0v) is 12.1. The lowest BCUT2D eigenvalue weighted by molar-refractivity contribution is -0.131. The predicted octanol–water partition coefficient (Wildman–Crippen LogP) is 2.69. The van der Waals surface area contributed by atoms with Gasteiger partial charge >= 0.3 is 0 Å². The first-order chi connectivity index (χ1) is 9.16. The summed E-state index contributed by atoms with van der Waals surface area (Å²) in [7, 11) is 1.85. The van der Waals surface area contributed by atoms with Crippen molar-refractivity contribution in [2.45, 2.75) is 25.8 Å². The van der Waals surface area contributed by atoms with Crippen LogP contribution in [0.1, 0.15) is 24.8 Å². The van der Waals surface area contributed by atoms with Crippen molar-refractivity contribution in [2.24, 2.45) is 5.92 Å². The number of halogens is 1. The van der Waals surface area contributed by atoms with Crippen molar-refractivity contribution in [3.8, 4) is 0 Å². The Bertz CT molecular complexity index is 430. The van der Waals surface area contributed by atoms with E-state index in [1.54, 1.807) is 4.90 Å². The Morgan fingerprint density at radius 1 is 1.37 bits per heavy atom. The smallest absolute Gasteiger partial charge is 0.222 e. The van der Waals surface area contributed by atoms with Crippen LogP contribution in [0.3, 0.4) is 0 Å². The molecule has 1 fully saturated rings. The molecule has 0 saturated carbocycles. The second kappa shape index (κ2) is 6.92. The fourth-order valence-corrected chi connectivity index (χ4v) is 2.65. The molecule has 1 saturated heterocycles. The van der Waals surface area contributed by atoms with Crippen LogP contribution in [-0.4, -0.2) is 30.9 Å². The maximum atomic E-state index is 12.2. The highest BCUT2D eigenvalue weighted by Crippen LogP contribution is 2.20. The van der Waals surface area contributed by atoms with E-state index in [0.717, 1.165) is 36.5 Å². The van der Waals surface area contributed by atoms with Crippen molar-refractivity contribution in [2.75, 3.05) is 20.1 Å². The van der Waals surface area contributed by atoms with Gasteiger partial charge in [0, 0.05) is 25.0 Å². The molecule has 0 bridgehead atoms. The topological polar surface area (TPSA) is 32.3 Å². The van der Waals surface area contributed by atoms with Crippen LogP contribution in [0.25, 0.3) is 0 Å². The molecule has 0 aliphatic carbocycles. The van der Waals surface area contributed by atoms with Gasteiger partial charge in [0.25, 0.3) is 0 Å². The minimum absolute atomic E-state index is 0.215. The summed E-state index contributed by atoms with van der Waals surface area (Å²) in [5.41, 5.74) is 1.00. The summed E-state index contributed by atoms with van der Waals surface area (Å²) >= 11 is 6.12. The van der Waals surface area contributed by atoms with Gasteiger partial charge in [0.15, 0.2) is 0 Å². The van der Waals surface area contributed by atoms with Gasteiger partial charge in [-0.25, -0.2) is 0 Å². The molecule has 1 heterocycles. The lowest BCUT2D eigenvalue weighted by Crippen LogP contribution is -2.33. The van der Waals surface area contributed by atoms with E-state index in [4.69, 9.17) is 11.6 Å². The molecule has 0 radical (unpaired) electrons. The second-order valence-electron chi connectivity index (χ2n) is 5.24. The Labute approximate surface area is 119 Å². The van der Waals surface area contributed by atoms with Crippen LogP contribution in [0, 0.1) is 5.92 Å². The summed E-state index contributed by atoms with van der Waals surface area (Å²) in [5, 5.41) is 4.05. The monoisotopic (exact) mass is 280 g/mol. The van der Waals surface area contributed by atoms with Gasteiger partial charge in [-0.2, -0.15) is 0 Å². The van der Waals surface area contributed by atoms with Crippen molar-refractivity contribution < 1.29 is 4.79 Å². The Kier molecular flexibility index (Phi) is 5.23. The first-order valence-corrected chi connectivity index (χ1v) is 7.22. The molecule has 0 atom stereocenters. The van der Waals surface area contributed by atoms with Gasteiger partial charge in [-0.15, -0.1) is 0 Å². The molecular weight excluding hydrogens is 260 g/mol. The number of nitrogens with zero attached hydrogens (tertiary/aromatic N) is 1. The SMILES string of the molecule is CN(Cc1ccccc1Cl)C(=O)CC1CCNCC1. The summed E-state index contributed by atoms with van der Waals surface area (Å²) in [6.07, 6.45) is 2.86. The molecule has 2 rings (SSSR count). The number of nitrogens with one attached hydrogen (secondary N) is 1. The van der Waals surface area contributed by atoms with Crippen LogP contribution >= 0.6 is 11.6 Å². The normalized spacial score (nSPS) is 16.3. The standard InChI is InChI=1S/C15H21ClN2O/c1-18(11-13-4-2-3-5-14(13)16)15(19)10-12-6-8-17-9-7-12/h2-5,12,17H,6-11H2,1H3. The summed E-state index contributed by atoms with van der Waals surface area (Å²) in [6.45, 7) is 2.65. The Morgan fingerprint density at radius 3 is 2.74 bits per heavy atom. The molecule has 19 heavy (non-hydrogen) atoms. The van der Waals surface area contributed by atoms with Gasteiger partial charge in [0.05, 0.1) is 0 Å². The number of hydrogen-bond acceptors (Lipinski definition) is 2. The zero-order chi connectivity index (χ0) is 13.7. The second-order valence-corrected chi connectivity index (χ2v) is 5.65. The largest absolute Gasteiger partial charge is 0.341 e. The van der Waals surface area contributed by atoms with E-state index in [0.29, 0.717) is 18.9 Å². The van der Waals surface area contributed by atoms with Gasteiger partial charge in [-0.1, -0.05) is 29.8 Å². The van der Waals surface area contributed by atoms with E-state index in [2.05, 4.69) is 5.32 Å². The Balaban J connectivity index is 1.87. The molecule has 1 aliphatic heterocycles. The van der Waals surface area contributed by atoms with Crippen LogP contribution in [0.4, 0.5) is 0 Å². The summed E-state index contributed by atoms with van der Waals surface area (Å²) in [4.78, 5) is 14.0. The Hall–Kier alpha value is -1.06. The number of rotatable bonds is 4. The highest BCUT2D eigenvalue weighted by molar-refractivity contribution is 6.31. The maximum Gasteiger partial charge on any atom is 0.222 e. The zero-order valence-electron chi connectivity index (χ0n) is 11.4. The third kappa shape index (κ3) is 4.22. The highest BCUT2D eigenvalue weighted by atomic mass is 35.5. The molecule has 0 spiro atoms. The maximum absolute atomic E-state index is 12.2. The van der Waals surface area contributed by atoms with Crippen LogP contribution < -0.4 is 5.32 Å². The average molecular weight is 281 g/mol. The van der Waals surface area contributed by atoms with E-state index in [-0.39, 0.29) is 5.91 Å². The first-order valence-electron chi connectivity index (χ1n) is 6.85. The summed E-state index contributed by atoms with van der Waals surface area (Å²) < 4.78 is 0. The quantitative estimate of drug-likeness (QED) is 0.920. The first kappa shape index (κ1) is 14.4. The van der Waals surface area contributed by atoms with Crippen molar-refractivity contribution in [1.82, 2.24) is 10.2 Å². The number of hydrogen-bond donors (Lipinski definition) is 1. The van der Waals surface area contributed by atoms with Crippen LogP contribution in [0.5, 0.6) is 0 Å². The van der Waals surface area contributed by atoms with Crippen molar-refractivity contribution in [3.05, 3.63) is 34.9 Å². The lowest BCUT2D eigenvalue weighted by Gasteiger charge is -2.25. The fourth-order valence-electron chi connectivity index (χ4n) is 2.46. The van der Waals surface area contributed by atoms with Crippen molar-refractivity contribution in [1.29, 1.82) is 0 Å². The van der Waals surface area contributed by atoms with Gasteiger partial charge in [-0.3, -0.25) is 4.79 Å². The van der Waals surface area contributed by atoms with Crippen LogP contribution in [0.15, 0.2) is 24.3 Å². The lowest BCUT2D eigenvalue weighted by atomic mass is 9.94. The van der Waals surface area contributed by atoms with Crippen molar-refractivity contribution >= 4 is 17.5 Å². The highest BCUT2D eigenvalue weighted by Gasteiger charge is 2.19. The van der Waals surface area contributed by atoms with Gasteiger partial charge in [0.1, 0.15) is 0 Å². The number of amides is 1. The molecule has 3 nitrogen and oxygen atoms in total. The molecule has 0 aromatic heterocycles. The number of piperidine rings is 1. The molecule has 1 aromatic rings. The third-order valence-corrected chi connectivity index (χ3v) is 4.08. The molecule has 1 N–H and O–H groups in total. The van der Waals surface area contributed by atoms with Gasteiger partial charge in [-0.05, 0) is 43.5 Å². The molecule has 4 heteroatoms.